The van der Waals surface area contributed by atoms with Gasteiger partial charge in [-0.05, 0) is 55.4 Å². The number of carboxylic acids is 1. The van der Waals surface area contributed by atoms with Crippen LogP contribution in [0.1, 0.15) is 36.6 Å². The molecule has 20 heavy (non-hydrogen) atoms. The molecule has 1 saturated carbocycles. The Bertz CT molecular complexity index is 705. The molecule has 0 saturated heterocycles. The second-order valence-corrected chi connectivity index (χ2v) is 5.57. The maximum Gasteiger partial charge on any atom is 0.328 e. The zero-order valence-corrected chi connectivity index (χ0v) is 11.9. The van der Waals surface area contributed by atoms with Gasteiger partial charge in [-0.2, -0.15) is 0 Å². The number of allylic oxidation sites excluding steroid dienone is 1. The number of carboxylic acid groups (broad SMARTS) is 1. The Hall–Kier alpha value is -2.03. The van der Waals surface area contributed by atoms with Gasteiger partial charge in [0.15, 0.2) is 0 Å². The van der Waals surface area contributed by atoms with Crippen molar-refractivity contribution in [3.8, 4) is 0 Å². The van der Waals surface area contributed by atoms with Crippen molar-refractivity contribution < 1.29 is 9.90 Å². The van der Waals surface area contributed by atoms with E-state index in [1.54, 1.807) is 0 Å². The van der Waals surface area contributed by atoms with Crippen LogP contribution >= 0.6 is 0 Å². The van der Waals surface area contributed by atoms with Crippen molar-refractivity contribution in [1.82, 2.24) is 4.98 Å². The molecule has 2 N–H and O–H groups in total. The van der Waals surface area contributed by atoms with E-state index in [1.165, 1.54) is 11.6 Å². The average Bonchev–Trinajstić information content (AvgIpc) is 3.19. The fourth-order valence-corrected chi connectivity index (χ4v) is 2.89. The lowest BCUT2D eigenvalue weighted by Gasteiger charge is -2.07. The van der Waals surface area contributed by atoms with Gasteiger partial charge in [0.05, 0.1) is 0 Å². The highest BCUT2D eigenvalue weighted by Crippen LogP contribution is 2.45. The first kappa shape index (κ1) is 13.0. The molecule has 3 heteroatoms. The molecule has 0 atom stereocenters. The van der Waals surface area contributed by atoms with Crippen molar-refractivity contribution in [3.05, 3.63) is 41.1 Å². The maximum atomic E-state index is 11.1. The van der Waals surface area contributed by atoms with Crippen molar-refractivity contribution in [3.63, 3.8) is 0 Å². The fraction of sp³-hybridized carbons (Fsp3) is 0.353. The number of hydrogen-bond acceptors (Lipinski definition) is 1. The van der Waals surface area contributed by atoms with E-state index in [2.05, 4.69) is 30.1 Å². The minimum absolute atomic E-state index is 0.411. The van der Waals surface area contributed by atoms with Gasteiger partial charge in [-0.3, -0.25) is 0 Å². The lowest BCUT2D eigenvalue weighted by molar-refractivity contribution is -0.131. The zero-order chi connectivity index (χ0) is 14.3. The molecule has 1 aliphatic rings. The largest absolute Gasteiger partial charge is 0.478 e. The van der Waals surface area contributed by atoms with Crippen LogP contribution in [0.3, 0.4) is 0 Å². The van der Waals surface area contributed by atoms with Gasteiger partial charge in [-0.1, -0.05) is 13.0 Å². The number of aryl methyl sites for hydroxylation is 2. The van der Waals surface area contributed by atoms with Gasteiger partial charge in [0.25, 0.3) is 0 Å². The van der Waals surface area contributed by atoms with Gasteiger partial charge >= 0.3 is 5.97 Å². The highest BCUT2D eigenvalue weighted by atomic mass is 16.4. The van der Waals surface area contributed by atoms with Gasteiger partial charge in [0, 0.05) is 28.2 Å². The van der Waals surface area contributed by atoms with Crippen LogP contribution in [0.2, 0.25) is 0 Å². The fourth-order valence-electron chi connectivity index (χ4n) is 2.89. The molecule has 1 fully saturated rings. The van der Waals surface area contributed by atoms with Crippen LogP contribution in [0, 0.1) is 12.8 Å². The van der Waals surface area contributed by atoms with Crippen molar-refractivity contribution in [2.45, 2.75) is 33.1 Å². The van der Waals surface area contributed by atoms with Crippen molar-refractivity contribution in [1.29, 1.82) is 0 Å². The number of aromatic nitrogens is 1. The van der Waals surface area contributed by atoms with Gasteiger partial charge in [-0.15, -0.1) is 0 Å². The minimum atomic E-state index is -0.854. The second kappa shape index (κ2) is 4.82. The number of aromatic amines is 1. The van der Waals surface area contributed by atoms with Crippen LogP contribution in [0.5, 0.6) is 0 Å². The van der Waals surface area contributed by atoms with Gasteiger partial charge in [-0.25, -0.2) is 4.79 Å². The van der Waals surface area contributed by atoms with Gasteiger partial charge in [0.1, 0.15) is 0 Å². The predicted octanol–water partition coefficient (Wildman–Crippen LogP) is 3.92. The normalized spacial score (nSPS) is 15.8. The Kier molecular flexibility index (Phi) is 3.13. The summed E-state index contributed by atoms with van der Waals surface area (Å²) in [6.45, 7) is 4.16. The molecule has 0 bridgehead atoms. The number of benzene rings is 1. The molecule has 1 heterocycles. The number of nitrogens with one attached hydrogen (secondary N) is 1. The lowest BCUT2D eigenvalue weighted by atomic mass is 9.96. The molecule has 1 aromatic carbocycles. The van der Waals surface area contributed by atoms with Crippen LogP contribution in [-0.4, -0.2) is 16.1 Å². The van der Waals surface area contributed by atoms with Gasteiger partial charge in [0.2, 0.25) is 0 Å². The Balaban J connectivity index is 2.22. The van der Waals surface area contributed by atoms with E-state index in [0.29, 0.717) is 5.92 Å². The van der Waals surface area contributed by atoms with E-state index in [1.807, 2.05) is 6.92 Å². The van der Waals surface area contributed by atoms with Crippen molar-refractivity contribution in [2.24, 2.45) is 5.92 Å². The molecule has 104 valence electrons. The Morgan fingerprint density at radius 1 is 1.45 bits per heavy atom. The molecule has 0 unspecified atom stereocenters. The molecule has 0 aliphatic heterocycles. The summed E-state index contributed by atoms with van der Waals surface area (Å²) >= 11 is 0. The first-order valence-electron chi connectivity index (χ1n) is 7.16. The summed E-state index contributed by atoms with van der Waals surface area (Å²) in [6.07, 6.45) is 4.57. The topological polar surface area (TPSA) is 53.1 Å². The monoisotopic (exact) mass is 269 g/mol. The van der Waals surface area contributed by atoms with Crippen LogP contribution in [0.4, 0.5) is 0 Å². The standard InChI is InChI=1S/C17H19NO2/c1-3-11-4-7-15-14(8-11)17(10(2)18-15)13(9-16(19)20)12-5-6-12/h4,7-9,12,18H,3,5-6H2,1-2H3,(H,19,20)/b13-9+. The van der Waals surface area contributed by atoms with E-state index >= 15 is 0 Å². The quantitative estimate of drug-likeness (QED) is 0.827. The third-order valence-corrected chi connectivity index (χ3v) is 4.04. The summed E-state index contributed by atoms with van der Waals surface area (Å²) in [7, 11) is 0. The third kappa shape index (κ3) is 2.24. The van der Waals surface area contributed by atoms with Crippen LogP contribution in [-0.2, 0) is 11.2 Å². The molecule has 2 aromatic rings. The van der Waals surface area contributed by atoms with Crippen LogP contribution in [0.25, 0.3) is 16.5 Å². The summed E-state index contributed by atoms with van der Waals surface area (Å²) in [5, 5.41) is 10.3. The number of fused-ring (bicyclic) bond motifs is 1. The highest BCUT2D eigenvalue weighted by molar-refractivity contribution is 6.00. The minimum Gasteiger partial charge on any atom is -0.478 e. The zero-order valence-electron chi connectivity index (χ0n) is 11.9. The summed E-state index contributed by atoms with van der Waals surface area (Å²) in [4.78, 5) is 14.5. The van der Waals surface area contributed by atoms with E-state index in [-0.39, 0.29) is 0 Å². The van der Waals surface area contributed by atoms with Crippen molar-refractivity contribution in [2.75, 3.05) is 0 Å². The number of H-pyrrole nitrogens is 1. The predicted molar refractivity (Wildman–Crippen MR) is 80.8 cm³/mol. The lowest BCUT2D eigenvalue weighted by Crippen LogP contribution is -1.95. The molecule has 3 nitrogen and oxygen atoms in total. The summed E-state index contributed by atoms with van der Waals surface area (Å²) in [5.74, 6) is -0.443. The maximum absolute atomic E-state index is 11.1. The molecule has 0 amide bonds. The van der Waals surface area contributed by atoms with Crippen LogP contribution < -0.4 is 0 Å². The molecule has 1 aromatic heterocycles. The second-order valence-electron chi connectivity index (χ2n) is 5.57. The Morgan fingerprint density at radius 3 is 2.80 bits per heavy atom. The Morgan fingerprint density at radius 2 is 2.20 bits per heavy atom. The van der Waals surface area contributed by atoms with E-state index in [9.17, 15) is 4.79 Å². The molecular weight excluding hydrogens is 250 g/mol. The number of carbonyl (C=O) groups is 1. The molecule has 0 radical (unpaired) electrons. The molecule has 3 rings (SSSR count). The van der Waals surface area contributed by atoms with Gasteiger partial charge < -0.3 is 10.1 Å². The number of rotatable bonds is 4. The smallest absolute Gasteiger partial charge is 0.328 e. The molecular formula is C17H19NO2. The van der Waals surface area contributed by atoms with Crippen LogP contribution in [0.15, 0.2) is 24.3 Å². The number of aliphatic carboxylic acids is 1. The summed E-state index contributed by atoms with van der Waals surface area (Å²) < 4.78 is 0. The SMILES string of the molecule is CCc1ccc2[nH]c(C)c(/C(=C/C(=O)O)C3CC3)c2c1. The summed E-state index contributed by atoms with van der Waals surface area (Å²) in [6, 6.07) is 6.40. The molecule has 0 spiro atoms. The summed E-state index contributed by atoms with van der Waals surface area (Å²) in [5.41, 5.74) is 5.51. The van der Waals surface area contributed by atoms with E-state index in [0.717, 1.165) is 47.0 Å². The third-order valence-electron chi connectivity index (χ3n) is 4.04. The van der Waals surface area contributed by atoms with E-state index < -0.39 is 5.97 Å². The Labute approximate surface area is 118 Å². The van der Waals surface area contributed by atoms with Crippen molar-refractivity contribution >= 4 is 22.4 Å². The first-order valence-corrected chi connectivity index (χ1v) is 7.16. The average molecular weight is 269 g/mol. The highest BCUT2D eigenvalue weighted by Gasteiger charge is 2.30. The van der Waals surface area contributed by atoms with E-state index in [4.69, 9.17) is 5.11 Å². The number of hydrogen-bond donors (Lipinski definition) is 2. The first-order chi connectivity index (χ1) is 9.60. The molecule has 1 aliphatic carbocycles.